The second-order valence-corrected chi connectivity index (χ2v) is 6.97. The van der Waals surface area contributed by atoms with Crippen LogP contribution in [-0.2, 0) is 19.1 Å². The number of benzene rings is 1. The van der Waals surface area contributed by atoms with E-state index in [-0.39, 0.29) is 23.8 Å². The monoisotopic (exact) mass is 366 g/mol. The fourth-order valence-electron chi connectivity index (χ4n) is 3.29. The van der Waals surface area contributed by atoms with Gasteiger partial charge in [0.05, 0.1) is 11.8 Å². The molecule has 0 saturated carbocycles. The van der Waals surface area contributed by atoms with Crippen LogP contribution in [0.25, 0.3) is 6.08 Å². The third-order valence-corrected chi connectivity index (χ3v) is 4.91. The van der Waals surface area contributed by atoms with Gasteiger partial charge in [-0.15, -0.1) is 0 Å². The van der Waals surface area contributed by atoms with Gasteiger partial charge in [0.15, 0.2) is 0 Å². The van der Waals surface area contributed by atoms with Crippen molar-refractivity contribution in [3.8, 4) is 0 Å². The molecule has 2 aliphatic carbocycles. The van der Waals surface area contributed by atoms with Crippen LogP contribution in [0.1, 0.15) is 44.1 Å². The van der Waals surface area contributed by atoms with E-state index < -0.39 is 6.29 Å². The predicted molar refractivity (Wildman–Crippen MR) is 104 cm³/mol. The molecule has 4 nitrogen and oxygen atoms in total. The molecule has 0 radical (unpaired) electrons. The van der Waals surface area contributed by atoms with E-state index in [4.69, 9.17) is 9.47 Å². The van der Waals surface area contributed by atoms with Crippen molar-refractivity contribution in [2.24, 2.45) is 11.8 Å². The largest absolute Gasteiger partial charge is 0.421 e. The van der Waals surface area contributed by atoms with E-state index in [2.05, 4.69) is 12.2 Å². The van der Waals surface area contributed by atoms with Crippen molar-refractivity contribution in [1.29, 1.82) is 0 Å². The predicted octanol–water partition coefficient (Wildman–Crippen LogP) is 4.82. The van der Waals surface area contributed by atoms with Crippen molar-refractivity contribution in [2.75, 3.05) is 0 Å². The second-order valence-electron chi connectivity index (χ2n) is 6.97. The molecule has 0 saturated heterocycles. The molecule has 4 heteroatoms. The minimum atomic E-state index is -0.998. The van der Waals surface area contributed by atoms with Gasteiger partial charge in [0, 0.05) is 0 Å². The SMILES string of the molecule is O=C(OC(C=Cc1ccccc1)OC(=O)C1CC=CCC1)C1CC=CCC1. The molecule has 0 amide bonds. The lowest BCUT2D eigenvalue weighted by molar-refractivity contribution is -0.185. The normalized spacial score (nSPS) is 23.1. The molecule has 0 bridgehead atoms. The summed E-state index contributed by atoms with van der Waals surface area (Å²) in [5.74, 6) is -0.949. The topological polar surface area (TPSA) is 52.6 Å². The zero-order valence-corrected chi connectivity index (χ0v) is 15.5. The maximum atomic E-state index is 12.5. The van der Waals surface area contributed by atoms with Crippen molar-refractivity contribution in [3.63, 3.8) is 0 Å². The Balaban J connectivity index is 1.66. The molecule has 0 fully saturated rings. The van der Waals surface area contributed by atoms with E-state index in [9.17, 15) is 9.59 Å². The van der Waals surface area contributed by atoms with Crippen molar-refractivity contribution in [1.82, 2.24) is 0 Å². The third-order valence-electron chi connectivity index (χ3n) is 4.91. The molecule has 2 atom stereocenters. The van der Waals surface area contributed by atoms with E-state index in [0.29, 0.717) is 12.8 Å². The fraction of sp³-hybridized carbons (Fsp3) is 0.391. The van der Waals surface area contributed by atoms with Crippen molar-refractivity contribution in [2.45, 2.75) is 44.8 Å². The molecular weight excluding hydrogens is 340 g/mol. The summed E-state index contributed by atoms with van der Waals surface area (Å²) >= 11 is 0. The summed E-state index contributed by atoms with van der Waals surface area (Å²) < 4.78 is 11.1. The summed E-state index contributed by atoms with van der Waals surface area (Å²) in [5.41, 5.74) is 0.954. The minimum absolute atomic E-state index is 0.168. The molecule has 1 aromatic rings. The lowest BCUT2D eigenvalue weighted by atomic mass is 9.94. The maximum Gasteiger partial charge on any atom is 0.312 e. The first-order valence-corrected chi connectivity index (χ1v) is 9.66. The van der Waals surface area contributed by atoms with Crippen LogP contribution in [0.3, 0.4) is 0 Å². The average molecular weight is 366 g/mol. The molecule has 0 heterocycles. The van der Waals surface area contributed by atoms with Gasteiger partial charge in [0.1, 0.15) is 0 Å². The first kappa shape index (κ1) is 19.2. The number of carbonyl (C=O) groups is 2. The number of ether oxygens (including phenoxy) is 2. The van der Waals surface area contributed by atoms with Gasteiger partial charge >= 0.3 is 11.9 Å². The average Bonchev–Trinajstić information content (AvgIpc) is 2.74. The Labute approximate surface area is 160 Å². The van der Waals surface area contributed by atoms with Gasteiger partial charge in [-0.1, -0.05) is 60.7 Å². The minimum Gasteiger partial charge on any atom is -0.421 e. The number of rotatable bonds is 6. The Morgan fingerprint density at radius 3 is 1.89 bits per heavy atom. The zero-order chi connectivity index (χ0) is 18.9. The number of carbonyl (C=O) groups excluding carboxylic acids is 2. The molecule has 27 heavy (non-hydrogen) atoms. The number of hydrogen-bond donors (Lipinski definition) is 0. The molecule has 3 rings (SSSR count). The standard InChI is InChI=1S/C23H26O4/c24-22(19-12-6-2-7-13-19)26-21(17-16-18-10-4-1-5-11-18)27-23(25)20-14-8-3-9-15-20/h1-6,8,10-11,16-17,19-21H,7,9,12-15H2. The highest BCUT2D eigenvalue weighted by Crippen LogP contribution is 2.23. The first-order valence-electron chi connectivity index (χ1n) is 9.66. The molecule has 1 aromatic carbocycles. The van der Waals surface area contributed by atoms with Crippen LogP contribution in [0.5, 0.6) is 0 Å². The smallest absolute Gasteiger partial charge is 0.312 e. The zero-order valence-electron chi connectivity index (χ0n) is 15.5. The Hall–Kier alpha value is -2.62. The van der Waals surface area contributed by atoms with E-state index in [1.165, 1.54) is 0 Å². The molecule has 2 unspecified atom stereocenters. The number of hydrogen-bond acceptors (Lipinski definition) is 4. The van der Waals surface area contributed by atoms with Crippen molar-refractivity contribution in [3.05, 3.63) is 66.3 Å². The van der Waals surface area contributed by atoms with Gasteiger partial charge < -0.3 is 9.47 Å². The molecule has 0 aliphatic heterocycles. The highest BCUT2D eigenvalue weighted by Gasteiger charge is 2.27. The molecule has 0 spiro atoms. The third kappa shape index (κ3) is 5.95. The van der Waals surface area contributed by atoms with E-state index in [0.717, 1.165) is 31.2 Å². The fourth-order valence-corrected chi connectivity index (χ4v) is 3.29. The number of allylic oxidation sites excluding steroid dienone is 4. The van der Waals surface area contributed by atoms with Gasteiger partial charge in [-0.05, 0) is 50.2 Å². The summed E-state index contributed by atoms with van der Waals surface area (Å²) in [6, 6.07) is 9.66. The molecule has 0 aromatic heterocycles. The first-order chi connectivity index (χ1) is 13.2. The van der Waals surface area contributed by atoms with Crippen LogP contribution in [0.4, 0.5) is 0 Å². The second kappa shape index (κ2) is 9.91. The number of esters is 2. The Kier molecular flexibility index (Phi) is 7.03. The van der Waals surface area contributed by atoms with Crippen LogP contribution in [0, 0.1) is 11.8 Å². The summed E-state index contributed by atoms with van der Waals surface area (Å²) in [7, 11) is 0. The van der Waals surface area contributed by atoms with Gasteiger partial charge in [0.2, 0.25) is 0 Å². The van der Waals surface area contributed by atoms with Crippen LogP contribution >= 0.6 is 0 Å². The quantitative estimate of drug-likeness (QED) is 0.411. The maximum absolute atomic E-state index is 12.5. The van der Waals surface area contributed by atoms with Crippen LogP contribution in [-0.4, -0.2) is 18.2 Å². The van der Waals surface area contributed by atoms with E-state index in [1.54, 1.807) is 6.08 Å². The molecular formula is C23H26O4. The van der Waals surface area contributed by atoms with Gasteiger partial charge in [-0.3, -0.25) is 9.59 Å². The summed E-state index contributed by atoms with van der Waals surface area (Å²) in [6.45, 7) is 0. The van der Waals surface area contributed by atoms with Crippen LogP contribution in [0.2, 0.25) is 0 Å². The Morgan fingerprint density at radius 2 is 1.41 bits per heavy atom. The van der Waals surface area contributed by atoms with Crippen LogP contribution < -0.4 is 0 Å². The summed E-state index contributed by atoms with van der Waals surface area (Å²) in [6.07, 6.45) is 15.3. The lowest BCUT2D eigenvalue weighted by Gasteiger charge is -2.23. The van der Waals surface area contributed by atoms with Crippen LogP contribution in [0.15, 0.2) is 60.7 Å². The highest BCUT2D eigenvalue weighted by atomic mass is 16.7. The lowest BCUT2D eigenvalue weighted by Crippen LogP contribution is -2.30. The van der Waals surface area contributed by atoms with Gasteiger partial charge in [-0.25, -0.2) is 0 Å². The molecule has 142 valence electrons. The van der Waals surface area contributed by atoms with Gasteiger partial charge in [-0.2, -0.15) is 0 Å². The van der Waals surface area contributed by atoms with E-state index in [1.807, 2.05) is 48.6 Å². The summed E-state index contributed by atoms with van der Waals surface area (Å²) in [5, 5.41) is 0. The van der Waals surface area contributed by atoms with Crippen molar-refractivity contribution >= 4 is 18.0 Å². The summed E-state index contributed by atoms with van der Waals surface area (Å²) in [4.78, 5) is 25.0. The van der Waals surface area contributed by atoms with Gasteiger partial charge in [0.25, 0.3) is 6.29 Å². The molecule has 2 aliphatic rings. The highest BCUT2D eigenvalue weighted by molar-refractivity contribution is 5.75. The molecule has 0 N–H and O–H groups in total. The Bertz CT molecular complexity index is 679. The van der Waals surface area contributed by atoms with Crippen molar-refractivity contribution < 1.29 is 19.1 Å². The van der Waals surface area contributed by atoms with E-state index >= 15 is 0 Å². The Morgan fingerprint density at radius 1 is 0.852 bits per heavy atom.